The van der Waals surface area contributed by atoms with E-state index in [1.807, 2.05) is 36.4 Å². The van der Waals surface area contributed by atoms with Crippen molar-refractivity contribution in [3.8, 4) is 17.6 Å². The summed E-state index contributed by atoms with van der Waals surface area (Å²) < 4.78 is 26.5. The number of hydrogen-bond acceptors (Lipinski definition) is 5. The summed E-state index contributed by atoms with van der Waals surface area (Å²) in [6.45, 7) is 0.368. The smallest absolute Gasteiger partial charge is 0.274 e. The zero-order valence-electron chi connectivity index (χ0n) is 18.6. The first-order valence-corrected chi connectivity index (χ1v) is 11.6. The molecular formula is C27H19FIN3O3. The van der Waals surface area contributed by atoms with Crippen molar-refractivity contribution in [2.45, 2.75) is 6.61 Å². The molecule has 35 heavy (non-hydrogen) atoms. The topological polar surface area (TPSA) is 83.7 Å². The van der Waals surface area contributed by atoms with Gasteiger partial charge in [0.2, 0.25) is 0 Å². The van der Waals surface area contributed by atoms with Gasteiger partial charge in [0, 0.05) is 0 Å². The summed E-state index contributed by atoms with van der Waals surface area (Å²) in [7, 11) is 1.55. The molecule has 1 N–H and O–H groups in total. The van der Waals surface area contributed by atoms with E-state index in [4.69, 9.17) is 14.7 Å². The lowest BCUT2D eigenvalue weighted by molar-refractivity contribution is 0.0951. The second-order valence-corrected chi connectivity index (χ2v) is 8.63. The van der Waals surface area contributed by atoms with Crippen molar-refractivity contribution in [3.05, 3.63) is 104 Å². The molecule has 0 aliphatic rings. The number of ether oxygens (including phenoxy) is 2. The minimum absolute atomic E-state index is 0.131. The molecule has 0 aromatic heterocycles. The van der Waals surface area contributed by atoms with Gasteiger partial charge in [0.05, 0.1) is 34.1 Å². The van der Waals surface area contributed by atoms with Crippen LogP contribution in [-0.4, -0.2) is 19.2 Å². The summed E-state index contributed by atoms with van der Waals surface area (Å²) in [6.07, 6.45) is 1.43. The van der Waals surface area contributed by atoms with Gasteiger partial charge in [-0.25, -0.2) is 9.82 Å². The number of methoxy groups -OCH3 is 1. The number of nitriles is 1. The molecule has 6 nitrogen and oxygen atoms in total. The summed E-state index contributed by atoms with van der Waals surface area (Å²) in [5.41, 5.74) is 3.94. The van der Waals surface area contributed by atoms with Crippen LogP contribution in [0.15, 0.2) is 77.9 Å². The minimum atomic E-state index is -0.791. The Hall–Kier alpha value is -3.97. The van der Waals surface area contributed by atoms with Crippen LogP contribution in [0, 0.1) is 20.7 Å². The van der Waals surface area contributed by atoms with Gasteiger partial charge in [-0.3, -0.25) is 4.79 Å². The Balaban J connectivity index is 1.48. The molecule has 8 heteroatoms. The lowest BCUT2D eigenvalue weighted by Crippen LogP contribution is -2.19. The number of fused-ring (bicyclic) bond motifs is 1. The highest BCUT2D eigenvalue weighted by Gasteiger charge is 2.14. The van der Waals surface area contributed by atoms with Crippen LogP contribution in [-0.2, 0) is 6.61 Å². The van der Waals surface area contributed by atoms with Crippen molar-refractivity contribution in [1.29, 1.82) is 5.26 Å². The lowest BCUT2D eigenvalue weighted by atomic mass is 10.1. The van der Waals surface area contributed by atoms with Gasteiger partial charge >= 0.3 is 0 Å². The second-order valence-electron chi connectivity index (χ2n) is 7.47. The standard InChI is InChI=1S/C27H19FIN3O3/c1-34-25-13-18(15-31-32-27(33)22-10-9-17(14-30)11-23(22)28)12-24(29)26(25)35-16-20-7-4-6-19-5-2-3-8-21(19)20/h2-13,15H,16H2,1H3,(H,32,33)/b31-15-. The summed E-state index contributed by atoms with van der Waals surface area (Å²) in [5.74, 6) is -0.398. The van der Waals surface area contributed by atoms with Gasteiger partial charge in [0.25, 0.3) is 5.91 Å². The first-order chi connectivity index (χ1) is 17.0. The Morgan fingerprint density at radius 1 is 1.14 bits per heavy atom. The fourth-order valence-electron chi connectivity index (χ4n) is 3.52. The molecule has 0 fully saturated rings. The van der Waals surface area contributed by atoms with Gasteiger partial charge in [0.1, 0.15) is 12.4 Å². The van der Waals surface area contributed by atoms with Crippen LogP contribution < -0.4 is 14.9 Å². The minimum Gasteiger partial charge on any atom is -0.493 e. The van der Waals surface area contributed by atoms with Crippen LogP contribution in [0.5, 0.6) is 11.5 Å². The number of carbonyl (C=O) groups excluding carboxylic acids is 1. The van der Waals surface area contributed by atoms with E-state index in [9.17, 15) is 9.18 Å². The number of benzene rings is 4. The molecule has 0 spiro atoms. The molecule has 0 unspecified atom stereocenters. The molecule has 4 aromatic carbocycles. The highest BCUT2D eigenvalue weighted by molar-refractivity contribution is 14.1. The predicted octanol–water partition coefficient (Wildman–Crippen LogP) is 5.81. The molecule has 0 saturated heterocycles. The normalized spacial score (nSPS) is 10.8. The third-order valence-electron chi connectivity index (χ3n) is 5.23. The maximum Gasteiger partial charge on any atom is 0.274 e. The number of halogens is 2. The third-order valence-corrected chi connectivity index (χ3v) is 6.03. The molecule has 0 radical (unpaired) electrons. The molecular weight excluding hydrogens is 560 g/mol. The monoisotopic (exact) mass is 579 g/mol. The van der Waals surface area contributed by atoms with Crippen molar-refractivity contribution in [1.82, 2.24) is 5.43 Å². The Morgan fingerprint density at radius 3 is 2.71 bits per heavy atom. The van der Waals surface area contributed by atoms with E-state index in [2.05, 4.69) is 51.3 Å². The van der Waals surface area contributed by atoms with E-state index in [1.165, 1.54) is 18.3 Å². The molecule has 1 amide bonds. The van der Waals surface area contributed by atoms with Crippen LogP contribution in [0.3, 0.4) is 0 Å². The Labute approximate surface area is 215 Å². The summed E-state index contributed by atoms with van der Waals surface area (Å²) in [4.78, 5) is 12.2. The van der Waals surface area contributed by atoms with Crippen molar-refractivity contribution in [3.63, 3.8) is 0 Å². The highest BCUT2D eigenvalue weighted by atomic mass is 127. The second kappa shape index (κ2) is 11.0. The number of nitrogens with one attached hydrogen (secondary N) is 1. The molecule has 0 heterocycles. The quantitative estimate of drug-likeness (QED) is 0.170. The average Bonchev–Trinajstić information content (AvgIpc) is 2.87. The van der Waals surface area contributed by atoms with Crippen LogP contribution >= 0.6 is 22.6 Å². The third kappa shape index (κ3) is 5.58. The number of rotatable bonds is 7. The molecule has 0 aliphatic carbocycles. The zero-order valence-corrected chi connectivity index (χ0v) is 20.7. The highest BCUT2D eigenvalue weighted by Crippen LogP contribution is 2.34. The number of nitrogens with zero attached hydrogens (tertiary/aromatic N) is 2. The van der Waals surface area contributed by atoms with Crippen molar-refractivity contribution >= 4 is 45.5 Å². The van der Waals surface area contributed by atoms with E-state index in [1.54, 1.807) is 13.2 Å². The van der Waals surface area contributed by atoms with Gasteiger partial charge in [-0.2, -0.15) is 10.4 Å². The zero-order chi connectivity index (χ0) is 24.8. The van der Waals surface area contributed by atoms with Crippen molar-refractivity contribution < 1.29 is 18.7 Å². The van der Waals surface area contributed by atoms with Crippen LogP contribution in [0.25, 0.3) is 10.8 Å². The Kier molecular flexibility index (Phi) is 7.57. The predicted molar refractivity (Wildman–Crippen MR) is 140 cm³/mol. The van der Waals surface area contributed by atoms with Gasteiger partial charge in [-0.05, 0) is 74.8 Å². The first kappa shape index (κ1) is 24.2. The van der Waals surface area contributed by atoms with Gasteiger partial charge < -0.3 is 9.47 Å². The average molecular weight is 579 g/mol. The van der Waals surface area contributed by atoms with E-state index in [-0.39, 0.29) is 11.1 Å². The number of amides is 1. The lowest BCUT2D eigenvalue weighted by Gasteiger charge is -2.14. The van der Waals surface area contributed by atoms with Crippen LogP contribution in [0.2, 0.25) is 0 Å². The maximum atomic E-state index is 14.0. The van der Waals surface area contributed by atoms with Crippen molar-refractivity contribution in [2.24, 2.45) is 5.10 Å². The largest absolute Gasteiger partial charge is 0.493 e. The van der Waals surface area contributed by atoms with E-state index < -0.39 is 11.7 Å². The molecule has 174 valence electrons. The molecule has 4 rings (SSSR count). The van der Waals surface area contributed by atoms with E-state index in [0.29, 0.717) is 23.7 Å². The van der Waals surface area contributed by atoms with Crippen LogP contribution in [0.1, 0.15) is 27.0 Å². The molecule has 0 bridgehead atoms. The fraction of sp³-hybridized carbons (Fsp3) is 0.0741. The van der Waals surface area contributed by atoms with Gasteiger partial charge in [0.15, 0.2) is 11.5 Å². The Morgan fingerprint density at radius 2 is 1.94 bits per heavy atom. The maximum absolute atomic E-state index is 14.0. The van der Waals surface area contributed by atoms with Gasteiger partial charge in [-0.1, -0.05) is 42.5 Å². The Bertz CT molecular complexity index is 1480. The van der Waals surface area contributed by atoms with Crippen molar-refractivity contribution in [2.75, 3.05) is 7.11 Å². The molecule has 0 atom stereocenters. The van der Waals surface area contributed by atoms with Crippen LogP contribution in [0.4, 0.5) is 4.39 Å². The molecule has 4 aromatic rings. The number of hydrogen-bond donors (Lipinski definition) is 1. The number of carbonyl (C=O) groups is 1. The van der Waals surface area contributed by atoms with E-state index in [0.717, 1.165) is 26.0 Å². The summed E-state index contributed by atoms with van der Waals surface area (Å²) in [5, 5.41) is 15.0. The SMILES string of the molecule is COc1cc(/C=N\NC(=O)c2ccc(C#N)cc2F)cc(I)c1OCc1cccc2ccccc12. The first-order valence-electron chi connectivity index (χ1n) is 10.5. The number of hydrazone groups is 1. The van der Waals surface area contributed by atoms with Gasteiger partial charge in [-0.15, -0.1) is 0 Å². The van der Waals surface area contributed by atoms with E-state index >= 15 is 0 Å². The fourth-order valence-corrected chi connectivity index (χ4v) is 4.30. The molecule has 0 saturated carbocycles. The summed E-state index contributed by atoms with van der Waals surface area (Å²) >= 11 is 2.15. The molecule has 0 aliphatic heterocycles. The summed E-state index contributed by atoms with van der Waals surface area (Å²) in [6, 6.07) is 23.2.